The molecule has 1 aliphatic rings. The van der Waals surface area contributed by atoms with Gasteiger partial charge in [-0.2, -0.15) is 0 Å². The average Bonchev–Trinajstić information content (AvgIpc) is 2.93. The fraction of sp³-hybridized carbons (Fsp3) is 0.438. The first-order valence-corrected chi connectivity index (χ1v) is 8.01. The van der Waals surface area contributed by atoms with Crippen molar-refractivity contribution in [2.45, 2.75) is 38.3 Å². The Balaban J connectivity index is 1.89. The Bertz CT molecular complexity index is 567. The van der Waals surface area contributed by atoms with Crippen LogP contribution in [0.3, 0.4) is 0 Å². The molecule has 1 aliphatic carbocycles. The van der Waals surface area contributed by atoms with E-state index in [2.05, 4.69) is 29.6 Å². The average molecular weight is 288 g/mol. The monoisotopic (exact) mass is 288 g/mol. The smallest absolute Gasteiger partial charge is 0.123 e. The molecule has 20 heavy (non-hydrogen) atoms. The zero-order valence-electron chi connectivity index (χ0n) is 11.7. The van der Waals surface area contributed by atoms with Gasteiger partial charge < -0.3 is 10.4 Å². The van der Waals surface area contributed by atoms with Crippen molar-refractivity contribution >= 4 is 11.3 Å². The van der Waals surface area contributed by atoms with Crippen molar-refractivity contribution in [2.75, 3.05) is 6.61 Å². The van der Waals surface area contributed by atoms with Crippen molar-refractivity contribution in [3.8, 4) is 10.6 Å². The van der Waals surface area contributed by atoms with Gasteiger partial charge >= 0.3 is 0 Å². The van der Waals surface area contributed by atoms with E-state index in [4.69, 9.17) is 4.98 Å². The highest BCUT2D eigenvalue weighted by Gasteiger charge is 2.25. The molecule has 1 aromatic carbocycles. The van der Waals surface area contributed by atoms with Crippen LogP contribution in [0.5, 0.6) is 0 Å². The minimum absolute atomic E-state index is 0.133. The fourth-order valence-electron chi connectivity index (χ4n) is 2.68. The Morgan fingerprint density at radius 1 is 1.40 bits per heavy atom. The molecular weight excluding hydrogens is 268 g/mol. The van der Waals surface area contributed by atoms with Crippen LogP contribution in [0.1, 0.15) is 36.4 Å². The Kier molecular flexibility index (Phi) is 4.15. The summed E-state index contributed by atoms with van der Waals surface area (Å²) < 4.78 is 0. The van der Waals surface area contributed by atoms with Crippen LogP contribution in [0, 0.1) is 0 Å². The lowest BCUT2D eigenvalue weighted by Crippen LogP contribution is -2.34. The molecule has 0 fully saturated rings. The van der Waals surface area contributed by atoms with Crippen molar-refractivity contribution in [3.05, 3.63) is 40.9 Å². The quantitative estimate of drug-likeness (QED) is 0.908. The molecule has 3 rings (SSSR count). The maximum absolute atomic E-state index is 9.22. The molecule has 0 amide bonds. The summed E-state index contributed by atoms with van der Waals surface area (Å²) in [4.78, 5) is 6.18. The van der Waals surface area contributed by atoms with E-state index in [9.17, 15) is 5.11 Å². The normalized spacial score (nSPS) is 19.6. The minimum atomic E-state index is 0.133. The summed E-state index contributed by atoms with van der Waals surface area (Å²) in [5.74, 6) is 0. The number of aryl methyl sites for hydroxylation is 1. The number of hydrogen-bond donors (Lipinski definition) is 2. The third-order valence-electron chi connectivity index (χ3n) is 3.73. The number of benzene rings is 1. The van der Waals surface area contributed by atoms with Crippen LogP contribution in [-0.4, -0.2) is 22.7 Å². The zero-order valence-corrected chi connectivity index (χ0v) is 12.5. The summed E-state index contributed by atoms with van der Waals surface area (Å²) in [6.45, 7) is 2.20. The number of hydrogen-bond acceptors (Lipinski definition) is 4. The predicted molar refractivity (Wildman–Crippen MR) is 82.9 cm³/mol. The summed E-state index contributed by atoms with van der Waals surface area (Å²) in [5.41, 5.74) is 2.43. The second-order valence-electron chi connectivity index (χ2n) is 5.39. The molecular formula is C16H20N2OS. The second kappa shape index (κ2) is 6.04. The Morgan fingerprint density at radius 2 is 2.20 bits per heavy atom. The van der Waals surface area contributed by atoms with Crippen LogP contribution < -0.4 is 5.32 Å². The van der Waals surface area contributed by atoms with Gasteiger partial charge in [-0.3, -0.25) is 0 Å². The highest BCUT2D eigenvalue weighted by Crippen LogP contribution is 2.38. The molecule has 0 saturated carbocycles. The van der Waals surface area contributed by atoms with Crippen LogP contribution in [0.15, 0.2) is 30.3 Å². The molecule has 1 aromatic heterocycles. The highest BCUT2D eigenvalue weighted by atomic mass is 32.1. The van der Waals surface area contributed by atoms with Crippen LogP contribution in [-0.2, 0) is 6.42 Å². The first-order chi connectivity index (χ1) is 9.78. The van der Waals surface area contributed by atoms with E-state index >= 15 is 0 Å². The van der Waals surface area contributed by atoms with Crippen molar-refractivity contribution in [1.29, 1.82) is 0 Å². The van der Waals surface area contributed by atoms with Gasteiger partial charge in [0.1, 0.15) is 5.01 Å². The standard InChI is InChI=1S/C16H20N2OS/c1-11(10-19)17-13-8-5-9-14-15(13)20-16(18-14)12-6-3-2-4-7-12/h2-4,6-7,11,13,17,19H,5,8-10H2,1H3/t11-,13?/m1/s1. The van der Waals surface area contributed by atoms with E-state index in [-0.39, 0.29) is 12.6 Å². The molecule has 0 aliphatic heterocycles. The van der Waals surface area contributed by atoms with Crippen LogP contribution in [0.25, 0.3) is 10.6 Å². The number of fused-ring (bicyclic) bond motifs is 1. The summed E-state index contributed by atoms with van der Waals surface area (Å²) in [6.07, 6.45) is 3.37. The number of rotatable bonds is 4. The van der Waals surface area contributed by atoms with E-state index in [1.165, 1.54) is 22.6 Å². The van der Waals surface area contributed by atoms with Gasteiger partial charge in [0.05, 0.1) is 12.3 Å². The third-order valence-corrected chi connectivity index (χ3v) is 4.99. The van der Waals surface area contributed by atoms with Gasteiger partial charge in [0.2, 0.25) is 0 Å². The summed E-state index contributed by atoms with van der Waals surface area (Å²) in [6, 6.07) is 10.8. The van der Waals surface area contributed by atoms with Gasteiger partial charge in [0.25, 0.3) is 0 Å². The fourth-order valence-corrected chi connectivity index (χ4v) is 3.89. The topological polar surface area (TPSA) is 45.1 Å². The Hall–Kier alpha value is -1.23. The molecule has 1 unspecified atom stereocenters. The number of aliphatic hydroxyl groups is 1. The largest absolute Gasteiger partial charge is 0.395 e. The Morgan fingerprint density at radius 3 is 2.95 bits per heavy atom. The zero-order chi connectivity index (χ0) is 13.9. The van der Waals surface area contributed by atoms with Gasteiger partial charge in [0.15, 0.2) is 0 Å². The summed E-state index contributed by atoms with van der Waals surface area (Å²) in [5, 5.41) is 13.8. The summed E-state index contributed by atoms with van der Waals surface area (Å²) >= 11 is 1.79. The first kappa shape index (κ1) is 13.7. The number of thiazole rings is 1. The van der Waals surface area contributed by atoms with E-state index < -0.39 is 0 Å². The van der Waals surface area contributed by atoms with Crippen LogP contribution >= 0.6 is 11.3 Å². The molecule has 2 atom stereocenters. The minimum Gasteiger partial charge on any atom is -0.395 e. The molecule has 0 spiro atoms. The highest BCUT2D eigenvalue weighted by molar-refractivity contribution is 7.15. The van der Waals surface area contributed by atoms with Gasteiger partial charge in [-0.25, -0.2) is 4.98 Å². The number of aromatic nitrogens is 1. The van der Waals surface area contributed by atoms with Gasteiger partial charge in [-0.05, 0) is 26.2 Å². The maximum Gasteiger partial charge on any atom is 0.123 e. The molecule has 2 N–H and O–H groups in total. The van der Waals surface area contributed by atoms with E-state index in [0.29, 0.717) is 6.04 Å². The van der Waals surface area contributed by atoms with E-state index in [1.807, 2.05) is 13.0 Å². The Labute approximate surface area is 123 Å². The predicted octanol–water partition coefficient (Wildman–Crippen LogP) is 3.16. The van der Waals surface area contributed by atoms with Gasteiger partial charge in [-0.1, -0.05) is 30.3 Å². The lowest BCUT2D eigenvalue weighted by atomic mass is 9.97. The van der Waals surface area contributed by atoms with E-state index in [0.717, 1.165) is 17.8 Å². The third kappa shape index (κ3) is 2.77. The maximum atomic E-state index is 9.22. The van der Waals surface area contributed by atoms with Crippen LogP contribution in [0.4, 0.5) is 0 Å². The molecule has 4 heteroatoms. The van der Waals surface area contributed by atoms with Crippen molar-refractivity contribution < 1.29 is 5.11 Å². The lowest BCUT2D eigenvalue weighted by Gasteiger charge is -2.25. The van der Waals surface area contributed by atoms with Crippen LogP contribution in [0.2, 0.25) is 0 Å². The summed E-state index contributed by atoms with van der Waals surface area (Å²) in [7, 11) is 0. The second-order valence-corrected chi connectivity index (χ2v) is 6.42. The van der Waals surface area contributed by atoms with Gasteiger partial charge in [0, 0.05) is 22.5 Å². The van der Waals surface area contributed by atoms with Crippen molar-refractivity contribution in [2.24, 2.45) is 0 Å². The van der Waals surface area contributed by atoms with Gasteiger partial charge in [-0.15, -0.1) is 11.3 Å². The first-order valence-electron chi connectivity index (χ1n) is 7.20. The van der Waals surface area contributed by atoms with Crippen molar-refractivity contribution in [1.82, 2.24) is 10.3 Å². The van der Waals surface area contributed by atoms with Crippen molar-refractivity contribution in [3.63, 3.8) is 0 Å². The molecule has 0 saturated heterocycles. The molecule has 1 heterocycles. The molecule has 2 aromatic rings. The molecule has 0 radical (unpaired) electrons. The molecule has 0 bridgehead atoms. The number of nitrogens with one attached hydrogen (secondary N) is 1. The van der Waals surface area contributed by atoms with E-state index in [1.54, 1.807) is 11.3 Å². The number of aliphatic hydroxyl groups excluding tert-OH is 1. The molecule has 106 valence electrons. The lowest BCUT2D eigenvalue weighted by molar-refractivity contribution is 0.237. The SMILES string of the molecule is C[C@H](CO)NC1CCCc2nc(-c3ccccc3)sc21. The molecule has 3 nitrogen and oxygen atoms in total. The number of nitrogens with zero attached hydrogens (tertiary/aromatic N) is 1.